The van der Waals surface area contributed by atoms with Crippen molar-refractivity contribution in [1.29, 1.82) is 0 Å². The number of fused-ring (bicyclic) bond motifs is 2. The van der Waals surface area contributed by atoms with Gasteiger partial charge < -0.3 is 10.2 Å². The zero-order valence-corrected chi connectivity index (χ0v) is 16.5. The van der Waals surface area contributed by atoms with E-state index in [2.05, 4.69) is 10.6 Å². The lowest BCUT2D eigenvalue weighted by Crippen LogP contribution is -2.52. The van der Waals surface area contributed by atoms with E-state index in [-0.39, 0.29) is 31.2 Å². The van der Waals surface area contributed by atoms with Crippen LogP contribution >= 0.6 is 0 Å². The van der Waals surface area contributed by atoms with Crippen LogP contribution in [-0.2, 0) is 22.6 Å². The second-order valence-corrected chi connectivity index (χ2v) is 7.85. The van der Waals surface area contributed by atoms with Crippen molar-refractivity contribution in [2.45, 2.75) is 31.8 Å². The first-order valence-electron chi connectivity index (χ1n) is 10.1. The highest BCUT2D eigenvalue weighted by molar-refractivity contribution is 6.06. The predicted molar refractivity (Wildman–Crippen MR) is 109 cm³/mol. The average Bonchev–Trinajstić information content (AvgIpc) is 3.31. The second kappa shape index (κ2) is 7.19. The number of hydrogen-bond donors (Lipinski definition) is 2. The Labute approximate surface area is 177 Å². The Hall–Kier alpha value is -3.75. The number of piperidine rings is 1. The number of para-hydroxylation sites is 1. The summed E-state index contributed by atoms with van der Waals surface area (Å²) in [5.74, 6) is -1.53. The van der Waals surface area contributed by atoms with Crippen LogP contribution in [0.15, 0.2) is 36.4 Å². The van der Waals surface area contributed by atoms with Gasteiger partial charge in [-0.2, -0.15) is 0 Å². The quantitative estimate of drug-likeness (QED) is 0.725. The summed E-state index contributed by atoms with van der Waals surface area (Å²) in [5, 5.41) is 5.04. The maximum absolute atomic E-state index is 14.2. The van der Waals surface area contributed by atoms with E-state index >= 15 is 0 Å². The van der Waals surface area contributed by atoms with Gasteiger partial charge in [0.05, 0.1) is 5.69 Å². The van der Waals surface area contributed by atoms with Gasteiger partial charge >= 0.3 is 6.03 Å². The Morgan fingerprint density at radius 1 is 1.10 bits per heavy atom. The molecule has 158 valence electrons. The molecule has 0 spiro atoms. The molecule has 0 aromatic heterocycles. The lowest BCUT2D eigenvalue weighted by atomic mass is 10.0. The number of urea groups is 1. The standard InChI is InChI=1S/C22H19FN4O4/c23-16-3-1-2-12-8-9-26(19(12)16)22(31)24-14-4-5-15-13(10-14)11-27(21(15)30)17-6-7-18(28)25-20(17)29/h1-5,10,17H,6-9,11H2,(H,24,31)(H,25,28,29). The minimum Gasteiger partial charge on any atom is -0.322 e. The highest BCUT2D eigenvalue weighted by Gasteiger charge is 2.39. The van der Waals surface area contributed by atoms with Gasteiger partial charge in [-0.05, 0) is 48.2 Å². The molecule has 0 saturated carbocycles. The van der Waals surface area contributed by atoms with Crippen LogP contribution in [0.3, 0.4) is 0 Å². The number of imide groups is 1. The van der Waals surface area contributed by atoms with Crippen molar-refractivity contribution in [3.8, 4) is 0 Å². The Morgan fingerprint density at radius 2 is 1.94 bits per heavy atom. The molecular formula is C22H19FN4O4. The molecular weight excluding hydrogens is 403 g/mol. The lowest BCUT2D eigenvalue weighted by molar-refractivity contribution is -0.136. The fourth-order valence-corrected chi connectivity index (χ4v) is 4.45. The van der Waals surface area contributed by atoms with Gasteiger partial charge in [0.25, 0.3) is 5.91 Å². The van der Waals surface area contributed by atoms with E-state index in [9.17, 15) is 23.6 Å². The van der Waals surface area contributed by atoms with Crippen LogP contribution < -0.4 is 15.5 Å². The number of carbonyl (C=O) groups excluding carboxylic acids is 4. The van der Waals surface area contributed by atoms with Gasteiger partial charge in [-0.15, -0.1) is 0 Å². The van der Waals surface area contributed by atoms with Gasteiger partial charge in [0.2, 0.25) is 11.8 Å². The molecule has 1 fully saturated rings. The number of anilines is 2. The van der Waals surface area contributed by atoms with Crippen LogP contribution in [0, 0.1) is 5.82 Å². The summed E-state index contributed by atoms with van der Waals surface area (Å²) in [4.78, 5) is 51.9. The maximum Gasteiger partial charge on any atom is 0.326 e. The molecule has 0 aliphatic carbocycles. The minimum absolute atomic E-state index is 0.186. The Bertz CT molecular complexity index is 1150. The van der Waals surface area contributed by atoms with Crippen molar-refractivity contribution < 1.29 is 23.6 Å². The monoisotopic (exact) mass is 422 g/mol. The molecule has 3 aliphatic rings. The maximum atomic E-state index is 14.2. The normalized spacial score (nSPS) is 19.9. The number of hydrogen-bond acceptors (Lipinski definition) is 4. The van der Waals surface area contributed by atoms with Crippen LogP contribution in [0.2, 0.25) is 0 Å². The lowest BCUT2D eigenvalue weighted by Gasteiger charge is -2.29. The van der Waals surface area contributed by atoms with E-state index in [1.54, 1.807) is 30.3 Å². The minimum atomic E-state index is -0.695. The molecule has 1 saturated heterocycles. The molecule has 8 nitrogen and oxygen atoms in total. The van der Waals surface area contributed by atoms with Gasteiger partial charge in [-0.3, -0.25) is 24.6 Å². The molecule has 2 N–H and O–H groups in total. The first-order chi connectivity index (χ1) is 14.9. The highest BCUT2D eigenvalue weighted by atomic mass is 19.1. The van der Waals surface area contributed by atoms with E-state index < -0.39 is 23.8 Å². The molecule has 0 radical (unpaired) electrons. The first-order valence-corrected chi connectivity index (χ1v) is 10.1. The molecule has 3 heterocycles. The third-order valence-corrected chi connectivity index (χ3v) is 5.96. The van der Waals surface area contributed by atoms with Crippen LogP contribution in [0.5, 0.6) is 0 Å². The van der Waals surface area contributed by atoms with Crippen LogP contribution in [0.1, 0.15) is 34.3 Å². The van der Waals surface area contributed by atoms with Crippen LogP contribution in [-0.4, -0.2) is 41.2 Å². The first kappa shape index (κ1) is 19.2. The molecule has 3 aliphatic heterocycles. The molecule has 9 heteroatoms. The van der Waals surface area contributed by atoms with Gasteiger partial charge in [0.15, 0.2) is 0 Å². The van der Waals surface area contributed by atoms with Gasteiger partial charge in [0, 0.05) is 30.8 Å². The Kier molecular flexibility index (Phi) is 4.46. The third-order valence-electron chi connectivity index (χ3n) is 5.96. The van der Waals surface area contributed by atoms with Crippen molar-refractivity contribution in [1.82, 2.24) is 10.2 Å². The van der Waals surface area contributed by atoms with E-state index in [0.29, 0.717) is 35.5 Å². The molecule has 1 atom stereocenters. The molecule has 1 unspecified atom stereocenters. The van der Waals surface area contributed by atoms with E-state index in [4.69, 9.17) is 0 Å². The largest absolute Gasteiger partial charge is 0.326 e. The van der Waals surface area contributed by atoms with Crippen LogP contribution in [0.25, 0.3) is 0 Å². The fourth-order valence-electron chi connectivity index (χ4n) is 4.45. The SMILES string of the molecule is O=C1CCC(N2Cc3cc(NC(=O)N4CCc5cccc(F)c54)ccc3C2=O)C(=O)N1. The van der Waals surface area contributed by atoms with E-state index in [1.807, 2.05) is 0 Å². The molecule has 2 aromatic rings. The second-order valence-electron chi connectivity index (χ2n) is 7.85. The van der Waals surface area contributed by atoms with Gasteiger partial charge in [-0.1, -0.05) is 12.1 Å². The van der Waals surface area contributed by atoms with E-state index in [1.165, 1.54) is 15.9 Å². The smallest absolute Gasteiger partial charge is 0.322 e. The van der Waals surface area contributed by atoms with E-state index in [0.717, 1.165) is 5.56 Å². The molecule has 0 bridgehead atoms. The Morgan fingerprint density at radius 3 is 2.74 bits per heavy atom. The number of nitrogens with zero attached hydrogens (tertiary/aromatic N) is 2. The van der Waals surface area contributed by atoms with Crippen molar-refractivity contribution in [2.24, 2.45) is 0 Å². The summed E-state index contributed by atoms with van der Waals surface area (Å²) in [6, 6.07) is 8.52. The third kappa shape index (κ3) is 3.22. The zero-order valence-electron chi connectivity index (χ0n) is 16.5. The number of benzene rings is 2. The highest BCUT2D eigenvalue weighted by Crippen LogP contribution is 2.32. The Balaban J connectivity index is 1.33. The summed E-state index contributed by atoms with van der Waals surface area (Å²) in [5.41, 5.74) is 2.70. The number of halogens is 1. The van der Waals surface area contributed by atoms with Gasteiger partial charge in [-0.25, -0.2) is 9.18 Å². The predicted octanol–water partition coefficient (Wildman–Crippen LogP) is 2.18. The zero-order chi connectivity index (χ0) is 21.7. The number of nitrogens with one attached hydrogen (secondary N) is 2. The average molecular weight is 422 g/mol. The molecule has 5 rings (SSSR count). The fraction of sp³-hybridized carbons (Fsp3) is 0.273. The van der Waals surface area contributed by atoms with Crippen molar-refractivity contribution in [3.63, 3.8) is 0 Å². The molecule has 5 amide bonds. The number of amides is 5. The molecule has 2 aromatic carbocycles. The number of carbonyl (C=O) groups is 4. The topological polar surface area (TPSA) is 98.8 Å². The van der Waals surface area contributed by atoms with Crippen molar-refractivity contribution in [2.75, 3.05) is 16.8 Å². The molecule has 31 heavy (non-hydrogen) atoms. The van der Waals surface area contributed by atoms with Crippen molar-refractivity contribution >= 4 is 35.1 Å². The van der Waals surface area contributed by atoms with Crippen molar-refractivity contribution in [3.05, 3.63) is 58.9 Å². The summed E-state index contributed by atoms with van der Waals surface area (Å²) < 4.78 is 14.2. The summed E-state index contributed by atoms with van der Waals surface area (Å²) in [6.45, 7) is 0.597. The summed E-state index contributed by atoms with van der Waals surface area (Å²) in [6.07, 6.45) is 1.06. The van der Waals surface area contributed by atoms with Gasteiger partial charge in [0.1, 0.15) is 11.9 Å². The summed E-state index contributed by atoms with van der Waals surface area (Å²) >= 11 is 0. The summed E-state index contributed by atoms with van der Waals surface area (Å²) in [7, 11) is 0. The van der Waals surface area contributed by atoms with Crippen LogP contribution in [0.4, 0.5) is 20.6 Å². The number of rotatable bonds is 2.